The standard InChI is InChI=1S/C13H19BrF3N3/c1-3-20(4-2)7-5-6-18-12-11(13(15,16)17)8-10(14)9-19-12/h8-9H,3-7H2,1-2H3,(H,18,19). The van der Waals surface area contributed by atoms with Gasteiger partial charge in [0.1, 0.15) is 5.82 Å². The summed E-state index contributed by atoms with van der Waals surface area (Å²) in [5, 5.41) is 2.77. The van der Waals surface area contributed by atoms with Gasteiger partial charge in [-0.05, 0) is 48.1 Å². The Morgan fingerprint density at radius 3 is 2.50 bits per heavy atom. The summed E-state index contributed by atoms with van der Waals surface area (Å²) in [4.78, 5) is 6.03. The number of nitrogens with zero attached hydrogens (tertiary/aromatic N) is 2. The molecule has 0 aliphatic heterocycles. The Balaban J connectivity index is 2.60. The second kappa shape index (κ2) is 7.83. The van der Waals surface area contributed by atoms with E-state index in [1.807, 2.05) is 0 Å². The molecule has 0 saturated heterocycles. The van der Waals surface area contributed by atoms with Crippen molar-refractivity contribution in [2.24, 2.45) is 0 Å². The highest BCUT2D eigenvalue weighted by atomic mass is 79.9. The van der Waals surface area contributed by atoms with E-state index >= 15 is 0 Å². The second-order valence-corrected chi connectivity index (χ2v) is 5.27. The first kappa shape index (κ1) is 17.2. The van der Waals surface area contributed by atoms with Crippen molar-refractivity contribution in [2.75, 3.05) is 31.5 Å². The number of pyridine rings is 1. The van der Waals surface area contributed by atoms with Crippen molar-refractivity contribution in [3.05, 3.63) is 22.3 Å². The first-order valence-corrected chi connectivity index (χ1v) is 7.36. The molecule has 0 saturated carbocycles. The van der Waals surface area contributed by atoms with E-state index in [4.69, 9.17) is 0 Å². The summed E-state index contributed by atoms with van der Waals surface area (Å²) in [6, 6.07) is 1.04. The van der Waals surface area contributed by atoms with Gasteiger partial charge < -0.3 is 10.2 Å². The Morgan fingerprint density at radius 2 is 1.95 bits per heavy atom. The molecule has 0 aromatic carbocycles. The Hall–Kier alpha value is -0.820. The number of anilines is 1. The highest BCUT2D eigenvalue weighted by Gasteiger charge is 2.34. The molecule has 0 atom stereocenters. The van der Waals surface area contributed by atoms with E-state index in [2.05, 4.69) is 45.0 Å². The minimum Gasteiger partial charge on any atom is -0.370 e. The lowest BCUT2D eigenvalue weighted by molar-refractivity contribution is -0.137. The number of halogens is 4. The molecule has 0 radical (unpaired) electrons. The molecule has 0 bridgehead atoms. The predicted molar refractivity (Wildman–Crippen MR) is 77.8 cm³/mol. The molecule has 0 spiro atoms. The SMILES string of the molecule is CCN(CC)CCCNc1ncc(Br)cc1C(F)(F)F. The molecular weight excluding hydrogens is 335 g/mol. The van der Waals surface area contributed by atoms with Gasteiger partial charge in [-0.2, -0.15) is 13.2 Å². The lowest BCUT2D eigenvalue weighted by Gasteiger charge is -2.18. The van der Waals surface area contributed by atoms with E-state index in [1.54, 1.807) is 0 Å². The van der Waals surface area contributed by atoms with E-state index in [-0.39, 0.29) is 5.82 Å². The topological polar surface area (TPSA) is 28.2 Å². The molecule has 3 nitrogen and oxygen atoms in total. The number of rotatable bonds is 7. The third-order valence-corrected chi connectivity index (χ3v) is 3.43. The van der Waals surface area contributed by atoms with Gasteiger partial charge in [-0.3, -0.25) is 0 Å². The molecule has 1 aromatic heterocycles. The summed E-state index contributed by atoms with van der Waals surface area (Å²) in [7, 11) is 0. The van der Waals surface area contributed by atoms with Gasteiger partial charge in [0.2, 0.25) is 0 Å². The van der Waals surface area contributed by atoms with Crippen molar-refractivity contribution in [1.82, 2.24) is 9.88 Å². The highest BCUT2D eigenvalue weighted by Crippen LogP contribution is 2.35. The van der Waals surface area contributed by atoms with Crippen molar-refractivity contribution < 1.29 is 13.2 Å². The Labute approximate surface area is 125 Å². The quantitative estimate of drug-likeness (QED) is 0.750. The second-order valence-electron chi connectivity index (χ2n) is 4.35. The molecule has 0 fully saturated rings. The monoisotopic (exact) mass is 353 g/mol. The van der Waals surface area contributed by atoms with Crippen molar-refractivity contribution in [3.8, 4) is 0 Å². The summed E-state index contributed by atoms with van der Waals surface area (Å²) < 4.78 is 38.9. The molecule has 0 unspecified atom stereocenters. The molecule has 0 aliphatic rings. The van der Waals surface area contributed by atoms with Crippen LogP contribution in [0.2, 0.25) is 0 Å². The largest absolute Gasteiger partial charge is 0.419 e. The van der Waals surface area contributed by atoms with Crippen LogP contribution in [-0.4, -0.2) is 36.1 Å². The average molecular weight is 354 g/mol. The summed E-state index contributed by atoms with van der Waals surface area (Å²) in [6.07, 6.45) is -2.27. The van der Waals surface area contributed by atoms with Crippen LogP contribution in [0, 0.1) is 0 Å². The van der Waals surface area contributed by atoms with E-state index in [0.717, 1.165) is 32.1 Å². The Bertz CT molecular complexity index is 420. The summed E-state index contributed by atoms with van der Waals surface area (Å²) in [5.41, 5.74) is -0.741. The van der Waals surface area contributed by atoms with Gasteiger partial charge in [0.05, 0.1) is 5.56 Å². The third kappa shape index (κ3) is 5.28. The molecule has 1 N–H and O–H groups in total. The van der Waals surface area contributed by atoms with Crippen LogP contribution in [0.25, 0.3) is 0 Å². The van der Waals surface area contributed by atoms with Crippen LogP contribution < -0.4 is 5.32 Å². The maximum absolute atomic E-state index is 12.9. The fraction of sp³-hybridized carbons (Fsp3) is 0.615. The van der Waals surface area contributed by atoms with Gasteiger partial charge in [-0.15, -0.1) is 0 Å². The van der Waals surface area contributed by atoms with Crippen LogP contribution in [-0.2, 0) is 6.18 Å². The molecule has 7 heteroatoms. The number of nitrogens with one attached hydrogen (secondary N) is 1. The highest BCUT2D eigenvalue weighted by molar-refractivity contribution is 9.10. The lowest BCUT2D eigenvalue weighted by atomic mass is 10.2. The van der Waals surface area contributed by atoms with E-state index in [9.17, 15) is 13.2 Å². The van der Waals surface area contributed by atoms with Gasteiger partial charge in [0.15, 0.2) is 0 Å². The number of alkyl halides is 3. The van der Waals surface area contributed by atoms with Gasteiger partial charge in [0, 0.05) is 17.2 Å². The van der Waals surface area contributed by atoms with Gasteiger partial charge >= 0.3 is 6.18 Å². The van der Waals surface area contributed by atoms with Crippen LogP contribution in [0.3, 0.4) is 0 Å². The first-order chi connectivity index (χ1) is 9.38. The average Bonchev–Trinajstić information content (AvgIpc) is 2.39. The van der Waals surface area contributed by atoms with Crippen molar-refractivity contribution in [2.45, 2.75) is 26.4 Å². The predicted octanol–water partition coefficient (Wildman–Crippen LogP) is 4.01. The minimum atomic E-state index is -4.40. The zero-order valence-electron chi connectivity index (χ0n) is 11.6. The van der Waals surface area contributed by atoms with Gasteiger partial charge in [0.25, 0.3) is 0 Å². The Kier molecular flexibility index (Phi) is 6.75. The third-order valence-electron chi connectivity index (χ3n) is 3.00. The number of hydrogen-bond acceptors (Lipinski definition) is 3. The zero-order valence-corrected chi connectivity index (χ0v) is 13.2. The van der Waals surface area contributed by atoms with Crippen LogP contribution in [0.15, 0.2) is 16.7 Å². The van der Waals surface area contributed by atoms with Crippen molar-refractivity contribution in [3.63, 3.8) is 0 Å². The normalized spacial score (nSPS) is 11.9. The fourth-order valence-corrected chi connectivity index (χ4v) is 2.18. The maximum atomic E-state index is 12.9. The molecule has 0 aliphatic carbocycles. The first-order valence-electron chi connectivity index (χ1n) is 6.57. The molecule has 114 valence electrons. The number of hydrogen-bond donors (Lipinski definition) is 1. The van der Waals surface area contributed by atoms with Crippen LogP contribution in [0.4, 0.5) is 19.0 Å². The van der Waals surface area contributed by atoms with E-state index < -0.39 is 11.7 Å². The summed E-state index contributed by atoms with van der Waals surface area (Å²) in [6.45, 7) is 7.34. The Morgan fingerprint density at radius 1 is 1.30 bits per heavy atom. The maximum Gasteiger partial charge on any atom is 0.419 e. The summed E-state index contributed by atoms with van der Waals surface area (Å²) >= 11 is 3.01. The van der Waals surface area contributed by atoms with Gasteiger partial charge in [-0.25, -0.2) is 4.98 Å². The minimum absolute atomic E-state index is 0.111. The van der Waals surface area contributed by atoms with Crippen LogP contribution in [0.5, 0.6) is 0 Å². The van der Waals surface area contributed by atoms with E-state index in [1.165, 1.54) is 6.20 Å². The molecule has 1 rings (SSSR count). The molecule has 20 heavy (non-hydrogen) atoms. The summed E-state index contributed by atoms with van der Waals surface area (Å²) in [5.74, 6) is -0.111. The van der Waals surface area contributed by atoms with Crippen LogP contribution in [0.1, 0.15) is 25.8 Å². The van der Waals surface area contributed by atoms with E-state index in [0.29, 0.717) is 11.0 Å². The molecule has 1 heterocycles. The lowest BCUT2D eigenvalue weighted by Crippen LogP contribution is -2.25. The molecular formula is C13H19BrF3N3. The fourth-order valence-electron chi connectivity index (χ4n) is 1.85. The van der Waals surface area contributed by atoms with Crippen molar-refractivity contribution >= 4 is 21.7 Å². The smallest absolute Gasteiger partial charge is 0.370 e. The zero-order chi connectivity index (χ0) is 15.2. The van der Waals surface area contributed by atoms with Crippen LogP contribution >= 0.6 is 15.9 Å². The number of aromatic nitrogens is 1. The molecule has 1 aromatic rings. The molecule has 0 amide bonds. The van der Waals surface area contributed by atoms with Gasteiger partial charge in [-0.1, -0.05) is 13.8 Å². The van der Waals surface area contributed by atoms with Crippen molar-refractivity contribution in [1.29, 1.82) is 0 Å².